The average Bonchev–Trinajstić information content (AvgIpc) is 2.31. The van der Waals surface area contributed by atoms with Gasteiger partial charge in [0.1, 0.15) is 0 Å². The molecule has 3 fully saturated rings. The minimum absolute atomic E-state index is 0.0873. The minimum atomic E-state index is -0.691. The average molecular weight is 228 g/mol. The van der Waals surface area contributed by atoms with Crippen LogP contribution in [0.5, 0.6) is 0 Å². The van der Waals surface area contributed by atoms with Crippen LogP contribution in [0.3, 0.4) is 0 Å². The Morgan fingerprint density at radius 1 is 0.875 bits per heavy atom. The Labute approximate surface area is 98.4 Å². The first-order chi connectivity index (χ1) is 7.68. The first-order valence-corrected chi connectivity index (χ1v) is 6.60. The van der Waals surface area contributed by atoms with Gasteiger partial charge in [-0.3, -0.25) is 0 Å². The summed E-state index contributed by atoms with van der Waals surface area (Å²) >= 11 is 0. The summed E-state index contributed by atoms with van der Waals surface area (Å²) < 4.78 is 17.2. The molecule has 0 saturated carbocycles. The highest BCUT2D eigenvalue weighted by Gasteiger charge is 2.49. The van der Waals surface area contributed by atoms with E-state index in [1.165, 1.54) is 25.7 Å². The molecule has 3 aliphatic heterocycles. The predicted molar refractivity (Wildman–Crippen MR) is 62.1 cm³/mol. The SMILES string of the molecule is CCCCCCCC12OCC(C)(CO1)CO2. The maximum Gasteiger partial charge on any atom is 0.282 e. The van der Waals surface area contributed by atoms with E-state index in [1.807, 2.05) is 0 Å². The van der Waals surface area contributed by atoms with Crippen LogP contribution in [-0.4, -0.2) is 25.8 Å². The minimum Gasteiger partial charge on any atom is -0.327 e. The van der Waals surface area contributed by atoms with Crippen molar-refractivity contribution in [3.63, 3.8) is 0 Å². The van der Waals surface area contributed by atoms with Crippen molar-refractivity contribution in [3.05, 3.63) is 0 Å². The van der Waals surface area contributed by atoms with E-state index in [9.17, 15) is 0 Å². The summed E-state index contributed by atoms with van der Waals surface area (Å²) in [6.07, 6.45) is 7.19. The molecule has 0 atom stereocenters. The van der Waals surface area contributed by atoms with Crippen molar-refractivity contribution in [2.24, 2.45) is 5.41 Å². The summed E-state index contributed by atoms with van der Waals surface area (Å²) in [6.45, 7) is 6.72. The van der Waals surface area contributed by atoms with Crippen LogP contribution in [0.25, 0.3) is 0 Å². The highest BCUT2D eigenvalue weighted by molar-refractivity contribution is 4.84. The first kappa shape index (κ1) is 12.3. The van der Waals surface area contributed by atoms with Crippen molar-refractivity contribution in [2.75, 3.05) is 19.8 Å². The Kier molecular flexibility index (Phi) is 3.88. The fourth-order valence-electron chi connectivity index (χ4n) is 2.26. The molecule has 0 aromatic carbocycles. The molecule has 0 unspecified atom stereocenters. The van der Waals surface area contributed by atoms with Crippen LogP contribution in [0.15, 0.2) is 0 Å². The zero-order valence-corrected chi connectivity index (χ0v) is 10.6. The summed E-state index contributed by atoms with van der Waals surface area (Å²) in [4.78, 5) is 0. The number of hydrogen-bond donors (Lipinski definition) is 0. The summed E-state index contributed by atoms with van der Waals surface area (Å²) in [7, 11) is 0. The van der Waals surface area contributed by atoms with Gasteiger partial charge in [0.15, 0.2) is 0 Å². The number of fused-ring (bicyclic) bond motifs is 3. The maximum atomic E-state index is 5.73. The lowest BCUT2D eigenvalue weighted by Crippen LogP contribution is -2.58. The Hall–Kier alpha value is -0.120. The highest BCUT2D eigenvalue weighted by atomic mass is 16.9. The predicted octanol–water partition coefficient (Wildman–Crippen LogP) is 3.08. The van der Waals surface area contributed by atoms with Crippen LogP contribution in [0.2, 0.25) is 0 Å². The molecule has 0 aliphatic carbocycles. The molecule has 3 rings (SSSR count). The van der Waals surface area contributed by atoms with Crippen molar-refractivity contribution in [1.29, 1.82) is 0 Å². The second kappa shape index (κ2) is 5.03. The normalized spacial score (nSPS) is 37.9. The standard InChI is InChI=1S/C13H24O3/c1-3-4-5-6-7-8-13-14-9-12(2,10-15-13)11-16-13/h3-11H2,1-2H3. The van der Waals surface area contributed by atoms with E-state index in [0.29, 0.717) is 0 Å². The molecule has 16 heavy (non-hydrogen) atoms. The van der Waals surface area contributed by atoms with Crippen LogP contribution >= 0.6 is 0 Å². The number of rotatable bonds is 6. The van der Waals surface area contributed by atoms with Crippen LogP contribution in [0, 0.1) is 5.41 Å². The molecule has 0 aromatic heterocycles. The second-order valence-corrected chi connectivity index (χ2v) is 5.52. The molecule has 3 saturated heterocycles. The van der Waals surface area contributed by atoms with E-state index in [1.54, 1.807) is 0 Å². The van der Waals surface area contributed by atoms with Gasteiger partial charge in [0.25, 0.3) is 5.97 Å². The lowest BCUT2D eigenvalue weighted by atomic mass is 9.91. The number of unbranched alkanes of at least 4 members (excludes halogenated alkanes) is 4. The van der Waals surface area contributed by atoms with Crippen molar-refractivity contribution in [3.8, 4) is 0 Å². The van der Waals surface area contributed by atoms with E-state index in [-0.39, 0.29) is 5.41 Å². The summed E-state index contributed by atoms with van der Waals surface area (Å²) in [6, 6.07) is 0. The topological polar surface area (TPSA) is 27.7 Å². The monoisotopic (exact) mass is 228 g/mol. The second-order valence-electron chi connectivity index (χ2n) is 5.52. The largest absolute Gasteiger partial charge is 0.327 e. The zero-order chi connectivity index (χ0) is 11.5. The number of hydrogen-bond acceptors (Lipinski definition) is 3. The van der Waals surface area contributed by atoms with Gasteiger partial charge in [0.2, 0.25) is 0 Å². The molecule has 3 heteroatoms. The Morgan fingerprint density at radius 3 is 2.00 bits per heavy atom. The molecule has 0 radical (unpaired) electrons. The van der Waals surface area contributed by atoms with E-state index in [4.69, 9.17) is 14.2 Å². The molecule has 0 amide bonds. The van der Waals surface area contributed by atoms with E-state index >= 15 is 0 Å². The zero-order valence-electron chi connectivity index (χ0n) is 10.6. The lowest BCUT2D eigenvalue weighted by molar-refractivity contribution is -0.467. The molecule has 3 heterocycles. The molecule has 0 aromatic rings. The van der Waals surface area contributed by atoms with Crippen molar-refractivity contribution in [2.45, 2.75) is 58.3 Å². The molecule has 0 N–H and O–H groups in total. The Bertz CT molecular complexity index is 203. The quantitative estimate of drug-likeness (QED) is 0.654. The van der Waals surface area contributed by atoms with Gasteiger partial charge in [-0.2, -0.15) is 0 Å². The van der Waals surface area contributed by atoms with E-state index in [2.05, 4.69) is 13.8 Å². The molecular weight excluding hydrogens is 204 g/mol. The van der Waals surface area contributed by atoms with Crippen LogP contribution in [-0.2, 0) is 14.2 Å². The molecule has 3 nitrogen and oxygen atoms in total. The first-order valence-electron chi connectivity index (χ1n) is 6.60. The molecule has 2 bridgehead atoms. The molecule has 3 aliphatic rings. The van der Waals surface area contributed by atoms with Crippen LogP contribution in [0.1, 0.15) is 52.4 Å². The van der Waals surface area contributed by atoms with E-state index in [0.717, 1.165) is 32.7 Å². The summed E-state index contributed by atoms with van der Waals surface area (Å²) in [5, 5.41) is 0. The van der Waals surface area contributed by atoms with Gasteiger partial charge in [0.05, 0.1) is 19.8 Å². The Morgan fingerprint density at radius 2 is 1.44 bits per heavy atom. The van der Waals surface area contributed by atoms with E-state index < -0.39 is 5.97 Å². The third-order valence-electron chi connectivity index (χ3n) is 3.51. The maximum absolute atomic E-state index is 5.73. The molecule has 0 spiro atoms. The van der Waals surface area contributed by atoms with Gasteiger partial charge in [-0.05, 0) is 6.42 Å². The van der Waals surface area contributed by atoms with Crippen LogP contribution < -0.4 is 0 Å². The van der Waals surface area contributed by atoms with Gasteiger partial charge in [0, 0.05) is 11.8 Å². The van der Waals surface area contributed by atoms with Crippen LogP contribution in [0.4, 0.5) is 0 Å². The van der Waals surface area contributed by atoms with Crippen molar-refractivity contribution < 1.29 is 14.2 Å². The number of ether oxygens (including phenoxy) is 3. The fourth-order valence-corrected chi connectivity index (χ4v) is 2.26. The third-order valence-corrected chi connectivity index (χ3v) is 3.51. The Balaban J connectivity index is 1.69. The highest BCUT2D eigenvalue weighted by Crippen LogP contribution is 2.40. The van der Waals surface area contributed by atoms with Crippen molar-refractivity contribution in [1.82, 2.24) is 0 Å². The third kappa shape index (κ3) is 2.76. The lowest BCUT2D eigenvalue weighted by Gasteiger charge is -2.50. The van der Waals surface area contributed by atoms with Crippen molar-refractivity contribution >= 4 is 0 Å². The molecular formula is C13H24O3. The summed E-state index contributed by atoms with van der Waals surface area (Å²) in [5.74, 6) is -0.691. The van der Waals surface area contributed by atoms with Gasteiger partial charge >= 0.3 is 0 Å². The van der Waals surface area contributed by atoms with Gasteiger partial charge in [-0.25, -0.2) is 0 Å². The van der Waals surface area contributed by atoms with Gasteiger partial charge in [-0.15, -0.1) is 0 Å². The van der Waals surface area contributed by atoms with Gasteiger partial charge in [-0.1, -0.05) is 39.5 Å². The molecule has 94 valence electrons. The fraction of sp³-hybridized carbons (Fsp3) is 1.00. The summed E-state index contributed by atoms with van der Waals surface area (Å²) in [5.41, 5.74) is 0.0873. The van der Waals surface area contributed by atoms with Gasteiger partial charge < -0.3 is 14.2 Å². The smallest absolute Gasteiger partial charge is 0.282 e.